The summed E-state index contributed by atoms with van der Waals surface area (Å²) in [6.07, 6.45) is 12.2. The van der Waals surface area contributed by atoms with E-state index in [0.717, 1.165) is 12.3 Å². The minimum Gasteiger partial charge on any atom is -0.498 e. The van der Waals surface area contributed by atoms with Gasteiger partial charge in [-0.15, -0.1) is 0 Å². The summed E-state index contributed by atoms with van der Waals surface area (Å²) in [5, 5.41) is 0. The maximum Gasteiger partial charge on any atom is 0.101 e. The first kappa shape index (κ1) is 10.6. The highest BCUT2D eigenvalue weighted by Gasteiger charge is 2.10. The predicted molar refractivity (Wildman–Crippen MR) is 56.6 cm³/mol. The molecule has 1 rings (SSSR count). The van der Waals surface area contributed by atoms with Crippen molar-refractivity contribution >= 4 is 0 Å². The quantitative estimate of drug-likeness (QED) is 0.566. The van der Waals surface area contributed by atoms with E-state index in [-0.39, 0.29) is 0 Å². The highest BCUT2D eigenvalue weighted by molar-refractivity contribution is 4.86. The van der Waals surface area contributed by atoms with Crippen LogP contribution in [0.25, 0.3) is 0 Å². The largest absolute Gasteiger partial charge is 0.498 e. The van der Waals surface area contributed by atoms with Gasteiger partial charge in [-0.1, -0.05) is 33.1 Å². The molecular formula is C12H22O. The lowest BCUT2D eigenvalue weighted by Gasteiger charge is -2.11. The van der Waals surface area contributed by atoms with Gasteiger partial charge in [0.2, 0.25) is 0 Å². The first-order valence-corrected chi connectivity index (χ1v) is 5.63. The molecule has 13 heavy (non-hydrogen) atoms. The first-order valence-electron chi connectivity index (χ1n) is 5.63. The van der Waals surface area contributed by atoms with Crippen molar-refractivity contribution < 1.29 is 4.74 Å². The maximum atomic E-state index is 5.41. The van der Waals surface area contributed by atoms with Crippen molar-refractivity contribution in [3.8, 4) is 0 Å². The van der Waals surface area contributed by atoms with Gasteiger partial charge in [0, 0.05) is 6.42 Å². The van der Waals surface area contributed by atoms with E-state index < -0.39 is 0 Å². The molecule has 0 saturated heterocycles. The van der Waals surface area contributed by atoms with Crippen LogP contribution in [-0.2, 0) is 4.74 Å². The van der Waals surface area contributed by atoms with E-state index in [1.807, 2.05) is 6.26 Å². The fourth-order valence-electron chi connectivity index (χ4n) is 1.68. The first-order chi connectivity index (χ1) is 6.33. The van der Waals surface area contributed by atoms with Crippen molar-refractivity contribution in [2.24, 2.45) is 5.92 Å². The molecule has 1 aliphatic heterocycles. The minimum absolute atomic E-state index is 0.497. The average Bonchev–Trinajstić information content (AvgIpc) is 2.64. The average molecular weight is 182 g/mol. The van der Waals surface area contributed by atoms with Crippen molar-refractivity contribution in [2.45, 2.75) is 58.5 Å². The molecule has 1 heterocycles. The molecule has 0 N–H and O–H groups in total. The number of hydrogen-bond donors (Lipinski definition) is 0. The molecule has 0 fully saturated rings. The van der Waals surface area contributed by atoms with Crippen LogP contribution in [0.3, 0.4) is 0 Å². The molecule has 1 aliphatic rings. The van der Waals surface area contributed by atoms with Crippen LogP contribution in [0.4, 0.5) is 0 Å². The Bertz CT molecular complexity index is 143. The molecule has 0 amide bonds. The van der Waals surface area contributed by atoms with Gasteiger partial charge in [-0.2, -0.15) is 0 Å². The van der Waals surface area contributed by atoms with Gasteiger partial charge >= 0.3 is 0 Å². The van der Waals surface area contributed by atoms with Crippen LogP contribution in [0.2, 0.25) is 0 Å². The summed E-state index contributed by atoms with van der Waals surface area (Å²) < 4.78 is 5.41. The third kappa shape index (κ3) is 4.35. The van der Waals surface area contributed by atoms with E-state index in [9.17, 15) is 0 Å². The summed E-state index contributed by atoms with van der Waals surface area (Å²) in [5.74, 6) is 0.905. The zero-order valence-electron chi connectivity index (χ0n) is 8.96. The van der Waals surface area contributed by atoms with E-state index in [0.29, 0.717) is 6.10 Å². The van der Waals surface area contributed by atoms with Crippen LogP contribution >= 0.6 is 0 Å². The lowest BCUT2D eigenvalue weighted by Crippen LogP contribution is -2.04. The molecule has 0 aromatic rings. The van der Waals surface area contributed by atoms with Crippen molar-refractivity contribution in [3.05, 3.63) is 12.3 Å². The summed E-state index contributed by atoms with van der Waals surface area (Å²) in [5.41, 5.74) is 0. The van der Waals surface area contributed by atoms with Crippen LogP contribution in [0.15, 0.2) is 12.3 Å². The van der Waals surface area contributed by atoms with Crippen LogP contribution < -0.4 is 0 Å². The lowest BCUT2D eigenvalue weighted by molar-refractivity contribution is 0.157. The molecule has 0 aliphatic carbocycles. The Morgan fingerprint density at radius 1 is 1.46 bits per heavy atom. The topological polar surface area (TPSA) is 9.23 Å². The normalized spacial score (nSPS) is 23.1. The van der Waals surface area contributed by atoms with Crippen molar-refractivity contribution in [1.82, 2.24) is 0 Å². The van der Waals surface area contributed by atoms with Gasteiger partial charge in [0.1, 0.15) is 6.10 Å². The number of unbranched alkanes of at least 4 members (excludes halogenated alkanes) is 1. The van der Waals surface area contributed by atoms with Crippen LogP contribution in [0.5, 0.6) is 0 Å². The summed E-state index contributed by atoms with van der Waals surface area (Å²) in [6, 6.07) is 0. The van der Waals surface area contributed by atoms with Gasteiger partial charge in [0.15, 0.2) is 0 Å². The summed E-state index contributed by atoms with van der Waals surface area (Å²) in [7, 11) is 0. The Morgan fingerprint density at radius 3 is 2.92 bits per heavy atom. The van der Waals surface area contributed by atoms with Gasteiger partial charge in [-0.05, 0) is 24.8 Å². The Balaban J connectivity index is 1.89. The van der Waals surface area contributed by atoms with Crippen LogP contribution in [0.1, 0.15) is 52.4 Å². The molecule has 2 atom stereocenters. The minimum atomic E-state index is 0.497. The molecule has 0 aromatic heterocycles. The van der Waals surface area contributed by atoms with E-state index in [1.54, 1.807) is 0 Å². The van der Waals surface area contributed by atoms with Crippen LogP contribution in [-0.4, -0.2) is 6.10 Å². The molecular weight excluding hydrogens is 160 g/mol. The summed E-state index contributed by atoms with van der Waals surface area (Å²) in [4.78, 5) is 0. The van der Waals surface area contributed by atoms with Crippen molar-refractivity contribution in [1.29, 1.82) is 0 Å². The number of ether oxygens (including phenoxy) is 1. The molecule has 2 unspecified atom stereocenters. The SMILES string of the molecule is CCC(C)CCCCC1CC=CO1. The maximum absolute atomic E-state index is 5.41. The predicted octanol–water partition coefficient (Wildman–Crippen LogP) is 3.90. The van der Waals surface area contributed by atoms with E-state index >= 15 is 0 Å². The third-order valence-corrected chi connectivity index (χ3v) is 2.94. The highest BCUT2D eigenvalue weighted by atomic mass is 16.5. The van der Waals surface area contributed by atoms with Gasteiger partial charge in [-0.3, -0.25) is 0 Å². The Hall–Kier alpha value is -0.460. The monoisotopic (exact) mass is 182 g/mol. The van der Waals surface area contributed by atoms with Gasteiger partial charge < -0.3 is 4.74 Å². The Morgan fingerprint density at radius 2 is 2.31 bits per heavy atom. The summed E-state index contributed by atoms with van der Waals surface area (Å²) in [6.45, 7) is 4.61. The highest BCUT2D eigenvalue weighted by Crippen LogP contribution is 2.18. The number of hydrogen-bond acceptors (Lipinski definition) is 1. The van der Waals surface area contributed by atoms with Gasteiger partial charge in [0.25, 0.3) is 0 Å². The molecule has 0 aromatic carbocycles. The fraction of sp³-hybridized carbons (Fsp3) is 0.833. The molecule has 1 heteroatoms. The standard InChI is InChI=1S/C12H22O/c1-3-11(2)7-4-5-8-12-9-6-10-13-12/h6,10-12H,3-5,7-9H2,1-2H3. The number of rotatable bonds is 6. The molecule has 0 bridgehead atoms. The zero-order chi connectivity index (χ0) is 9.52. The molecule has 1 nitrogen and oxygen atoms in total. The molecule has 0 radical (unpaired) electrons. The molecule has 76 valence electrons. The fourth-order valence-corrected chi connectivity index (χ4v) is 1.68. The van der Waals surface area contributed by atoms with E-state index in [4.69, 9.17) is 4.74 Å². The second-order valence-corrected chi connectivity index (χ2v) is 4.16. The second-order valence-electron chi connectivity index (χ2n) is 4.16. The smallest absolute Gasteiger partial charge is 0.101 e. The third-order valence-electron chi connectivity index (χ3n) is 2.94. The van der Waals surface area contributed by atoms with Crippen molar-refractivity contribution in [3.63, 3.8) is 0 Å². The van der Waals surface area contributed by atoms with E-state index in [2.05, 4.69) is 19.9 Å². The van der Waals surface area contributed by atoms with Crippen LogP contribution in [0, 0.1) is 5.92 Å². The zero-order valence-corrected chi connectivity index (χ0v) is 8.96. The van der Waals surface area contributed by atoms with E-state index in [1.165, 1.54) is 32.1 Å². The lowest BCUT2D eigenvalue weighted by atomic mass is 9.99. The molecule has 0 spiro atoms. The van der Waals surface area contributed by atoms with Gasteiger partial charge in [0.05, 0.1) is 6.26 Å². The van der Waals surface area contributed by atoms with Crippen molar-refractivity contribution in [2.75, 3.05) is 0 Å². The summed E-state index contributed by atoms with van der Waals surface area (Å²) >= 11 is 0. The van der Waals surface area contributed by atoms with Gasteiger partial charge in [-0.25, -0.2) is 0 Å². The Kier molecular flexibility index (Phi) is 4.95. The second kappa shape index (κ2) is 6.06. The Labute approximate surface area is 82.2 Å². The molecule has 0 saturated carbocycles.